The van der Waals surface area contributed by atoms with Gasteiger partial charge in [-0.3, -0.25) is 4.40 Å². The van der Waals surface area contributed by atoms with Crippen molar-refractivity contribution in [3.63, 3.8) is 0 Å². The standard InChI is InChI=1S/C29H28N4O2/c1-32(2)18-7-19-34-25-15-12-22(13-16-25)29-31-30-28-17-14-24(21-33(28)29)23-8-6-11-27(20-23)35-26-9-4-3-5-10-26/h3-6,8-17,20-21H,7,18-19H2,1-2H3. The molecule has 0 N–H and O–H groups in total. The fraction of sp³-hybridized carbons (Fsp3) is 0.172. The number of ether oxygens (including phenoxy) is 2. The molecule has 2 heterocycles. The van der Waals surface area contributed by atoms with Gasteiger partial charge in [0.05, 0.1) is 6.61 Å². The maximum Gasteiger partial charge on any atom is 0.168 e. The summed E-state index contributed by atoms with van der Waals surface area (Å²) in [5, 5.41) is 8.80. The minimum absolute atomic E-state index is 0.696. The molecule has 35 heavy (non-hydrogen) atoms. The van der Waals surface area contributed by atoms with E-state index in [1.165, 1.54) is 0 Å². The van der Waals surface area contributed by atoms with Crippen molar-refractivity contribution in [1.29, 1.82) is 0 Å². The van der Waals surface area contributed by atoms with Crippen LogP contribution in [0.2, 0.25) is 0 Å². The minimum Gasteiger partial charge on any atom is -0.494 e. The first-order chi connectivity index (χ1) is 17.2. The largest absolute Gasteiger partial charge is 0.494 e. The molecule has 0 fully saturated rings. The quantitative estimate of drug-likeness (QED) is 0.244. The van der Waals surface area contributed by atoms with Crippen LogP contribution in [0.5, 0.6) is 17.2 Å². The number of para-hydroxylation sites is 1. The molecule has 6 heteroatoms. The Labute approximate surface area is 205 Å². The van der Waals surface area contributed by atoms with Crippen LogP contribution >= 0.6 is 0 Å². The SMILES string of the molecule is CN(C)CCCOc1ccc(-c2nnc3ccc(-c4cccc(Oc5ccccc5)c4)cn23)cc1. The Morgan fingerprint density at radius 3 is 2.29 bits per heavy atom. The highest BCUT2D eigenvalue weighted by Gasteiger charge is 2.10. The number of nitrogens with zero attached hydrogens (tertiary/aromatic N) is 4. The Morgan fingerprint density at radius 1 is 0.714 bits per heavy atom. The van der Waals surface area contributed by atoms with Gasteiger partial charge in [-0.2, -0.15) is 0 Å². The second-order valence-electron chi connectivity index (χ2n) is 8.64. The van der Waals surface area contributed by atoms with Crippen LogP contribution in [0.25, 0.3) is 28.2 Å². The summed E-state index contributed by atoms with van der Waals surface area (Å²) < 4.78 is 13.9. The molecule has 0 atom stereocenters. The van der Waals surface area contributed by atoms with E-state index in [1.54, 1.807) is 0 Å². The van der Waals surface area contributed by atoms with Gasteiger partial charge in [0.15, 0.2) is 11.5 Å². The molecular weight excluding hydrogens is 436 g/mol. The third-order valence-corrected chi connectivity index (χ3v) is 5.68. The normalized spacial score (nSPS) is 11.2. The lowest BCUT2D eigenvalue weighted by molar-refractivity contribution is 0.281. The van der Waals surface area contributed by atoms with Gasteiger partial charge < -0.3 is 14.4 Å². The van der Waals surface area contributed by atoms with E-state index in [1.807, 2.05) is 83.3 Å². The predicted molar refractivity (Wildman–Crippen MR) is 139 cm³/mol. The Kier molecular flexibility index (Phi) is 6.73. The van der Waals surface area contributed by atoms with Crippen LogP contribution in [0, 0.1) is 0 Å². The zero-order valence-electron chi connectivity index (χ0n) is 20.0. The number of benzene rings is 3. The van der Waals surface area contributed by atoms with Gasteiger partial charge in [-0.15, -0.1) is 10.2 Å². The first-order valence-corrected chi connectivity index (χ1v) is 11.7. The second kappa shape index (κ2) is 10.4. The van der Waals surface area contributed by atoms with Crippen molar-refractivity contribution >= 4 is 5.65 Å². The highest BCUT2D eigenvalue weighted by molar-refractivity contribution is 5.68. The Balaban J connectivity index is 1.36. The molecule has 0 aliphatic heterocycles. The van der Waals surface area contributed by atoms with Crippen molar-refractivity contribution in [3.8, 4) is 39.8 Å². The molecule has 0 saturated carbocycles. The molecule has 0 saturated heterocycles. The van der Waals surface area contributed by atoms with Crippen molar-refractivity contribution in [2.24, 2.45) is 0 Å². The van der Waals surface area contributed by atoms with Gasteiger partial charge in [-0.25, -0.2) is 0 Å². The van der Waals surface area contributed by atoms with Crippen LogP contribution < -0.4 is 9.47 Å². The molecule has 176 valence electrons. The van der Waals surface area contributed by atoms with Gasteiger partial charge >= 0.3 is 0 Å². The molecule has 0 radical (unpaired) electrons. The van der Waals surface area contributed by atoms with E-state index in [-0.39, 0.29) is 0 Å². The lowest BCUT2D eigenvalue weighted by Crippen LogP contribution is -2.15. The lowest BCUT2D eigenvalue weighted by atomic mass is 10.1. The van der Waals surface area contributed by atoms with Gasteiger partial charge in [0.25, 0.3) is 0 Å². The molecule has 6 nitrogen and oxygen atoms in total. The third kappa shape index (κ3) is 5.50. The topological polar surface area (TPSA) is 51.9 Å². The molecule has 0 amide bonds. The molecule has 0 aliphatic rings. The second-order valence-corrected chi connectivity index (χ2v) is 8.64. The Hall–Kier alpha value is -4.16. The number of aromatic nitrogens is 3. The van der Waals surface area contributed by atoms with E-state index in [0.717, 1.165) is 58.4 Å². The van der Waals surface area contributed by atoms with Gasteiger partial charge in [0.2, 0.25) is 0 Å². The molecule has 5 rings (SSSR count). The summed E-state index contributed by atoms with van der Waals surface area (Å²) in [6, 6.07) is 29.9. The summed E-state index contributed by atoms with van der Waals surface area (Å²) in [5.74, 6) is 3.25. The van der Waals surface area contributed by atoms with E-state index >= 15 is 0 Å². The van der Waals surface area contributed by atoms with Gasteiger partial charge in [-0.1, -0.05) is 30.3 Å². The zero-order valence-corrected chi connectivity index (χ0v) is 20.0. The summed E-state index contributed by atoms with van der Waals surface area (Å²) in [6.07, 6.45) is 3.06. The van der Waals surface area contributed by atoms with Gasteiger partial charge in [0.1, 0.15) is 17.2 Å². The molecule has 0 bridgehead atoms. The molecule has 0 spiro atoms. The van der Waals surface area contributed by atoms with E-state index < -0.39 is 0 Å². The van der Waals surface area contributed by atoms with Crippen LogP contribution in [0.3, 0.4) is 0 Å². The van der Waals surface area contributed by atoms with Crippen molar-refractivity contribution in [3.05, 3.63) is 97.2 Å². The summed E-state index contributed by atoms with van der Waals surface area (Å²) >= 11 is 0. The zero-order chi connectivity index (χ0) is 24.0. The molecule has 0 unspecified atom stereocenters. The third-order valence-electron chi connectivity index (χ3n) is 5.68. The molecule has 2 aromatic heterocycles. The van der Waals surface area contributed by atoms with Crippen LogP contribution in [0.4, 0.5) is 0 Å². The van der Waals surface area contributed by atoms with Crippen LogP contribution in [-0.4, -0.2) is 46.7 Å². The fourth-order valence-corrected chi connectivity index (χ4v) is 3.89. The van der Waals surface area contributed by atoms with Gasteiger partial charge in [0, 0.05) is 18.3 Å². The molecule has 3 aromatic carbocycles. The summed E-state index contributed by atoms with van der Waals surface area (Å²) in [6.45, 7) is 1.70. The maximum atomic E-state index is 6.02. The Bertz CT molecular complexity index is 1400. The summed E-state index contributed by atoms with van der Waals surface area (Å²) in [4.78, 5) is 2.16. The summed E-state index contributed by atoms with van der Waals surface area (Å²) in [5.41, 5.74) is 3.89. The average molecular weight is 465 g/mol. The fourth-order valence-electron chi connectivity index (χ4n) is 3.89. The van der Waals surface area contributed by atoms with Crippen molar-refractivity contribution in [2.45, 2.75) is 6.42 Å². The number of fused-ring (bicyclic) bond motifs is 1. The van der Waals surface area contributed by atoms with Crippen molar-refractivity contribution in [1.82, 2.24) is 19.5 Å². The lowest BCUT2D eigenvalue weighted by Gasteiger charge is -2.10. The van der Waals surface area contributed by atoms with Gasteiger partial charge in [-0.05, 0) is 92.3 Å². The number of hydrogen-bond acceptors (Lipinski definition) is 5. The van der Waals surface area contributed by atoms with Crippen molar-refractivity contribution in [2.75, 3.05) is 27.2 Å². The van der Waals surface area contributed by atoms with E-state index in [2.05, 4.69) is 47.5 Å². The average Bonchev–Trinajstić information content (AvgIpc) is 3.31. The Morgan fingerprint density at radius 2 is 1.49 bits per heavy atom. The van der Waals surface area contributed by atoms with Crippen molar-refractivity contribution < 1.29 is 9.47 Å². The monoisotopic (exact) mass is 464 g/mol. The molecule has 0 aliphatic carbocycles. The minimum atomic E-state index is 0.696. The van der Waals surface area contributed by atoms with E-state index in [9.17, 15) is 0 Å². The smallest absolute Gasteiger partial charge is 0.168 e. The van der Waals surface area contributed by atoms with E-state index in [0.29, 0.717) is 6.61 Å². The summed E-state index contributed by atoms with van der Waals surface area (Å²) in [7, 11) is 4.14. The highest BCUT2D eigenvalue weighted by Crippen LogP contribution is 2.29. The van der Waals surface area contributed by atoms with Crippen LogP contribution in [0.1, 0.15) is 6.42 Å². The number of rotatable bonds is 9. The first kappa shape index (κ1) is 22.6. The number of hydrogen-bond donors (Lipinski definition) is 0. The number of pyridine rings is 1. The maximum absolute atomic E-state index is 6.02. The molecular formula is C29H28N4O2. The van der Waals surface area contributed by atoms with E-state index in [4.69, 9.17) is 9.47 Å². The van der Waals surface area contributed by atoms with Crippen LogP contribution in [-0.2, 0) is 0 Å². The highest BCUT2D eigenvalue weighted by atomic mass is 16.5. The predicted octanol–water partition coefficient (Wildman–Crippen LogP) is 6.19. The molecule has 5 aromatic rings. The first-order valence-electron chi connectivity index (χ1n) is 11.7. The van der Waals surface area contributed by atoms with Crippen LogP contribution in [0.15, 0.2) is 97.2 Å².